The van der Waals surface area contributed by atoms with Crippen LogP contribution < -0.4 is 10.1 Å². The number of aromatic nitrogens is 1. The first kappa shape index (κ1) is 18.2. The van der Waals surface area contributed by atoms with Crippen LogP contribution in [0.4, 0.5) is 9.18 Å². The standard InChI is InChI=1S/C20H24FN3O2/c21-18-5-3-17(4-6-18)14-23-20(25)24-11-7-16(8-12-24)9-13-26-19-2-1-10-22-15-19/h1-6,10,15-16H,7-9,11-14H2,(H,23,25). The number of ether oxygens (including phenoxy) is 1. The van der Waals surface area contributed by atoms with Gasteiger partial charge in [-0.1, -0.05) is 12.1 Å². The van der Waals surface area contributed by atoms with Crippen LogP contribution in [0.3, 0.4) is 0 Å². The number of nitrogens with zero attached hydrogens (tertiary/aromatic N) is 2. The van der Waals surface area contributed by atoms with Gasteiger partial charge in [-0.15, -0.1) is 0 Å². The summed E-state index contributed by atoms with van der Waals surface area (Å²) in [5.74, 6) is 1.10. The number of piperidine rings is 1. The molecule has 1 aromatic heterocycles. The molecule has 2 aromatic rings. The maximum absolute atomic E-state index is 12.9. The Morgan fingerprint density at radius 2 is 2.00 bits per heavy atom. The van der Waals surface area contributed by atoms with Crippen molar-refractivity contribution in [2.75, 3.05) is 19.7 Å². The van der Waals surface area contributed by atoms with Crippen LogP contribution in [0.5, 0.6) is 5.75 Å². The minimum Gasteiger partial charge on any atom is -0.492 e. The third-order valence-electron chi connectivity index (χ3n) is 4.69. The molecule has 0 spiro atoms. The number of halogens is 1. The Morgan fingerprint density at radius 3 is 2.69 bits per heavy atom. The van der Waals surface area contributed by atoms with E-state index in [4.69, 9.17) is 4.74 Å². The molecule has 0 saturated carbocycles. The molecule has 0 unspecified atom stereocenters. The highest BCUT2D eigenvalue weighted by molar-refractivity contribution is 5.74. The Balaban J connectivity index is 1.33. The van der Waals surface area contributed by atoms with E-state index in [1.165, 1.54) is 12.1 Å². The van der Waals surface area contributed by atoms with E-state index in [1.807, 2.05) is 17.0 Å². The zero-order valence-corrected chi connectivity index (χ0v) is 14.7. The molecule has 1 aromatic carbocycles. The summed E-state index contributed by atoms with van der Waals surface area (Å²) >= 11 is 0. The van der Waals surface area contributed by atoms with E-state index in [2.05, 4.69) is 10.3 Å². The van der Waals surface area contributed by atoms with Crippen LogP contribution >= 0.6 is 0 Å². The van der Waals surface area contributed by atoms with Gasteiger partial charge in [0.05, 0.1) is 12.8 Å². The summed E-state index contributed by atoms with van der Waals surface area (Å²) < 4.78 is 18.6. The zero-order valence-electron chi connectivity index (χ0n) is 14.7. The average molecular weight is 357 g/mol. The minimum absolute atomic E-state index is 0.0561. The molecule has 2 heterocycles. The van der Waals surface area contributed by atoms with E-state index in [9.17, 15) is 9.18 Å². The molecular weight excluding hydrogens is 333 g/mol. The lowest BCUT2D eigenvalue weighted by Gasteiger charge is -2.32. The van der Waals surface area contributed by atoms with E-state index in [-0.39, 0.29) is 11.8 Å². The van der Waals surface area contributed by atoms with Crippen molar-refractivity contribution < 1.29 is 13.9 Å². The summed E-state index contributed by atoms with van der Waals surface area (Å²) in [5, 5.41) is 2.90. The lowest BCUT2D eigenvalue weighted by molar-refractivity contribution is 0.160. The molecule has 1 N–H and O–H groups in total. The minimum atomic E-state index is -0.269. The number of likely N-dealkylation sites (tertiary alicyclic amines) is 1. The molecule has 26 heavy (non-hydrogen) atoms. The van der Waals surface area contributed by atoms with Crippen LogP contribution in [0.1, 0.15) is 24.8 Å². The molecule has 3 rings (SSSR count). The molecule has 2 amide bonds. The highest BCUT2D eigenvalue weighted by atomic mass is 19.1. The topological polar surface area (TPSA) is 54.5 Å². The average Bonchev–Trinajstić information content (AvgIpc) is 2.69. The molecule has 0 bridgehead atoms. The number of pyridine rings is 1. The van der Waals surface area contributed by atoms with Crippen LogP contribution in [0.15, 0.2) is 48.8 Å². The van der Waals surface area contributed by atoms with Crippen molar-refractivity contribution in [3.05, 3.63) is 60.2 Å². The van der Waals surface area contributed by atoms with Crippen molar-refractivity contribution in [3.63, 3.8) is 0 Å². The number of benzene rings is 1. The highest BCUT2D eigenvalue weighted by Crippen LogP contribution is 2.21. The molecule has 1 aliphatic heterocycles. The van der Waals surface area contributed by atoms with Crippen molar-refractivity contribution >= 4 is 6.03 Å². The van der Waals surface area contributed by atoms with Gasteiger partial charge in [0, 0.05) is 25.8 Å². The Morgan fingerprint density at radius 1 is 1.23 bits per heavy atom. The lowest BCUT2D eigenvalue weighted by atomic mass is 9.94. The first-order valence-corrected chi connectivity index (χ1v) is 9.01. The van der Waals surface area contributed by atoms with Gasteiger partial charge < -0.3 is 15.0 Å². The molecular formula is C20H24FN3O2. The third kappa shape index (κ3) is 5.44. The fourth-order valence-electron chi connectivity index (χ4n) is 3.09. The Labute approximate surface area is 153 Å². The van der Waals surface area contributed by atoms with Crippen molar-refractivity contribution in [2.24, 2.45) is 5.92 Å². The molecule has 0 atom stereocenters. The summed E-state index contributed by atoms with van der Waals surface area (Å²) in [7, 11) is 0. The lowest BCUT2D eigenvalue weighted by Crippen LogP contribution is -2.44. The van der Waals surface area contributed by atoms with Gasteiger partial charge in [-0.05, 0) is 55.0 Å². The van der Waals surface area contributed by atoms with Gasteiger partial charge in [-0.3, -0.25) is 4.98 Å². The van der Waals surface area contributed by atoms with Crippen LogP contribution in [-0.4, -0.2) is 35.6 Å². The maximum atomic E-state index is 12.9. The van der Waals surface area contributed by atoms with Crippen molar-refractivity contribution in [2.45, 2.75) is 25.8 Å². The second-order valence-electron chi connectivity index (χ2n) is 6.54. The van der Waals surface area contributed by atoms with Crippen LogP contribution in [0.25, 0.3) is 0 Å². The number of amides is 2. The maximum Gasteiger partial charge on any atom is 0.317 e. The fraction of sp³-hybridized carbons (Fsp3) is 0.400. The summed E-state index contributed by atoms with van der Waals surface area (Å²) in [5.41, 5.74) is 0.891. The van der Waals surface area contributed by atoms with Crippen LogP contribution in [0.2, 0.25) is 0 Å². The molecule has 1 aliphatic rings. The molecule has 1 saturated heterocycles. The fourth-order valence-corrected chi connectivity index (χ4v) is 3.09. The quantitative estimate of drug-likeness (QED) is 0.859. The SMILES string of the molecule is O=C(NCc1ccc(F)cc1)N1CCC(CCOc2cccnc2)CC1. The van der Waals surface area contributed by atoms with E-state index in [0.29, 0.717) is 19.1 Å². The Kier molecular flexibility index (Phi) is 6.41. The second-order valence-corrected chi connectivity index (χ2v) is 6.54. The van der Waals surface area contributed by atoms with Crippen molar-refractivity contribution in [3.8, 4) is 5.75 Å². The first-order chi connectivity index (χ1) is 12.7. The molecule has 0 aliphatic carbocycles. The van der Waals surface area contributed by atoms with E-state index >= 15 is 0 Å². The van der Waals surface area contributed by atoms with Gasteiger partial charge in [-0.25, -0.2) is 9.18 Å². The Hall–Kier alpha value is -2.63. The summed E-state index contributed by atoms with van der Waals surface area (Å²) in [6, 6.07) is 9.88. The Bertz CT molecular complexity index is 686. The van der Waals surface area contributed by atoms with E-state index < -0.39 is 0 Å². The molecule has 138 valence electrons. The summed E-state index contributed by atoms with van der Waals surface area (Å²) in [4.78, 5) is 18.1. The predicted octanol–water partition coefficient (Wildman–Crippen LogP) is 3.61. The number of carbonyl (C=O) groups is 1. The molecule has 5 nitrogen and oxygen atoms in total. The number of carbonyl (C=O) groups excluding carboxylic acids is 1. The molecule has 6 heteroatoms. The summed E-state index contributed by atoms with van der Waals surface area (Å²) in [6.45, 7) is 2.60. The van der Waals surface area contributed by atoms with E-state index in [1.54, 1.807) is 24.5 Å². The van der Waals surface area contributed by atoms with Gasteiger partial charge in [0.2, 0.25) is 0 Å². The number of rotatable bonds is 6. The predicted molar refractivity (Wildman–Crippen MR) is 97.3 cm³/mol. The first-order valence-electron chi connectivity index (χ1n) is 9.01. The largest absolute Gasteiger partial charge is 0.492 e. The van der Waals surface area contributed by atoms with Crippen molar-refractivity contribution in [1.82, 2.24) is 15.2 Å². The van der Waals surface area contributed by atoms with Crippen LogP contribution in [0, 0.1) is 11.7 Å². The van der Waals surface area contributed by atoms with Gasteiger partial charge in [-0.2, -0.15) is 0 Å². The van der Waals surface area contributed by atoms with Crippen molar-refractivity contribution in [1.29, 1.82) is 0 Å². The third-order valence-corrected chi connectivity index (χ3v) is 4.69. The van der Waals surface area contributed by atoms with Gasteiger partial charge in [0.15, 0.2) is 0 Å². The number of urea groups is 1. The van der Waals surface area contributed by atoms with Gasteiger partial charge in [0.1, 0.15) is 11.6 Å². The number of hydrogen-bond acceptors (Lipinski definition) is 3. The highest BCUT2D eigenvalue weighted by Gasteiger charge is 2.22. The van der Waals surface area contributed by atoms with E-state index in [0.717, 1.165) is 43.7 Å². The van der Waals surface area contributed by atoms with Gasteiger partial charge in [0.25, 0.3) is 0 Å². The smallest absolute Gasteiger partial charge is 0.317 e. The normalized spacial score (nSPS) is 14.9. The summed E-state index contributed by atoms with van der Waals surface area (Å²) in [6.07, 6.45) is 6.40. The zero-order chi connectivity index (χ0) is 18.2. The molecule has 1 fully saturated rings. The molecule has 0 radical (unpaired) electrons. The van der Waals surface area contributed by atoms with Gasteiger partial charge >= 0.3 is 6.03 Å². The number of hydrogen-bond donors (Lipinski definition) is 1. The van der Waals surface area contributed by atoms with Crippen LogP contribution in [-0.2, 0) is 6.54 Å². The second kappa shape index (κ2) is 9.17. The monoisotopic (exact) mass is 357 g/mol. The number of nitrogens with one attached hydrogen (secondary N) is 1.